The third kappa shape index (κ3) is 6.92. The number of nitrogens with one attached hydrogen (secondary N) is 3. The van der Waals surface area contributed by atoms with E-state index in [9.17, 15) is 9.59 Å². The molecule has 0 saturated carbocycles. The van der Waals surface area contributed by atoms with Crippen LogP contribution in [0.2, 0.25) is 0 Å². The molecule has 1 amide bonds. The van der Waals surface area contributed by atoms with Gasteiger partial charge in [0.05, 0.1) is 18.5 Å². The molecule has 0 saturated heterocycles. The summed E-state index contributed by atoms with van der Waals surface area (Å²) in [7, 11) is 0. The van der Waals surface area contributed by atoms with Gasteiger partial charge in [-0.3, -0.25) is 10.2 Å². The molecule has 0 aliphatic heterocycles. The average molecular weight is 502 g/mol. The quantitative estimate of drug-likeness (QED) is 0.200. The van der Waals surface area contributed by atoms with E-state index in [1.54, 1.807) is 29.1 Å². The van der Waals surface area contributed by atoms with Gasteiger partial charge in [0.1, 0.15) is 17.6 Å². The number of carbonyl (C=O) groups excluding carboxylic acids is 2. The zero-order valence-corrected chi connectivity index (χ0v) is 20.2. The van der Waals surface area contributed by atoms with Gasteiger partial charge in [-0.25, -0.2) is 9.78 Å². The molecule has 0 aliphatic carbocycles. The van der Waals surface area contributed by atoms with Gasteiger partial charge in [0, 0.05) is 30.8 Å². The van der Waals surface area contributed by atoms with Crippen LogP contribution < -0.4 is 15.8 Å². The number of nitrogens with zero attached hydrogens (tertiary/aromatic N) is 2. The van der Waals surface area contributed by atoms with Gasteiger partial charge in [-0.2, -0.15) is 0 Å². The Balaban J connectivity index is 1.32. The van der Waals surface area contributed by atoms with Crippen molar-refractivity contribution >= 4 is 18.1 Å². The molecule has 10 nitrogen and oxygen atoms in total. The van der Waals surface area contributed by atoms with Crippen LogP contribution in [0.15, 0.2) is 83.5 Å². The molecule has 37 heavy (non-hydrogen) atoms. The SMILES string of the molecule is Cc1oc(-c2ccccc2)nc1CCOc1ccc(C[C@@H](C(=O)ONNC(=O)C=N)n2cccc2)cc1. The van der Waals surface area contributed by atoms with Crippen molar-refractivity contribution in [1.82, 2.24) is 20.6 Å². The van der Waals surface area contributed by atoms with Crippen LogP contribution in [0, 0.1) is 12.3 Å². The number of ether oxygens (including phenoxy) is 1. The van der Waals surface area contributed by atoms with Gasteiger partial charge in [-0.05, 0) is 48.9 Å². The lowest BCUT2D eigenvalue weighted by atomic mass is 10.1. The van der Waals surface area contributed by atoms with Crippen molar-refractivity contribution in [1.29, 1.82) is 5.41 Å². The zero-order chi connectivity index (χ0) is 26.0. The molecular formula is C27H27N5O5. The molecule has 0 spiro atoms. The van der Waals surface area contributed by atoms with Crippen LogP contribution in [0.4, 0.5) is 0 Å². The lowest BCUT2D eigenvalue weighted by molar-refractivity contribution is -0.158. The summed E-state index contributed by atoms with van der Waals surface area (Å²) in [6, 6.07) is 20.2. The second kappa shape index (κ2) is 12.3. The number of hydrogen-bond acceptors (Lipinski definition) is 8. The van der Waals surface area contributed by atoms with E-state index in [2.05, 4.69) is 16.0 Å². The van der Waals surface area contributed by atoms with Crippen molar-refractivity contribution in [2.75, 3.05) is 6.61 Å². The molecular weight excluding hydrogens is 474 g/mol. The van der Waals surface area contributed by atoms with Gasteiger partial charge in [-0.15, -0.1) is 0 Å². The molecule has 2 aromatic heterocycles. The molecule has 0 aliphatic rings. The van der Waals surface area contributed by atoms with Crippen LogP contribution in [0.3, 0.4) is 0 Å². The maximum atomic E-state index is 12.6. The van der Waals surface area contributed by atoms with E-state index in [0.717, 1.165) is 22.6 Å². The van der Waals surface area contributed by atoms with Crippen molar-refractivity contribution in [2.24, 2.45) is 0 Å². The van der Waals surface area contributed by atoms with Crippen molar-refractivity contribution in [3.8, 4) is 17.2 Å². The maximum absolute atomic E-state index is 12.6. The summed E-state index contributed by atoms with van der Waals surface area (Å²) in [5, 5.41) is 6.85. The first-order valence-corrected chi connectivity index (χ1v) is 11.7. The van der Waals surface area contributed by atoms with Crippen LogP contribution in [0.5, 0.6) is 5.75 Å². The van der Waals surface area contributed by atoms with Gasteiger partial charge in [0.25, 0.3) is 5.91 Å². The molecule has 0 radical (unpaired) electrons. The van der Waals surface area contributed by atoms with E-state index in [0.29, 0.717) is 37.3 Å². The number of benzene rings is 2. The summed E-state index contributed by atoms with van der Waals surface area (Å²) < 4.78 is 13.4. The third-order valence-electron chi connectivity index (χ3n) is 5.59. The molecule has 0 bridgehead atoms. The second-order valence-corrected chi connectivity index (χ2v) is 8.14. The Kier molecular flexibility index (Phi) is 8.45. The zero-order valence-electron chi connectivity index (χ0n) is 20.2. The Morgan fingerprint density at radius 1 is 1.08 bits per heavy atom. The predicted octanol–water partition coefficient (Wildman–Crippen LogP) is 3.59. The van der Waals surface area contributed by atoms with E-state index in [4.69, 9.17) is 19.4 Å². The Bertz CT molecular complexity index is 1320. The van der Waals surface area contributed by atoms with E-state index in [1.807, 2.05) is 61.5 Å². The summed E-state index contributed by atoms with van der Waals surface area (Å²) in [5.74, 6) is 0.730. The molecule has 4 aromatic rings. The number of amides is 1. The normalized spacial score (nSPS) is 11.5. The van der Waals surface area contributed by atoms with Crippen LogP contribution in [0.1, 0.15) is 23.1 Å². The molecule has 3 N–H and O–H groups in total. The first kappa shape index (κ1) is 25.4. The summed E-state index contributed by atoms with van der Waals surface area (Å²) in [4.78, 5) is 33.3. The fourth-order valence-corrected chi connectivity index (χ4v) is 3.67. The highest BCUT2D eigenvalue weighted by atomic mass is 16.7. The monoisotopic (exact) mass is 501 g/mol. The second-order valence-electron chi connectivity index (χ2n) is 8.14. The highest BCUT2D eigenvalue weighted by molar-refractivity contribution is 6.24. The molecule has 0 fully saturated rings. The minimum atomic E-state index is -0.740. The van der Waals surface area contributed by atoms with E-state index in [1.165, 1.54) is 0 Å². The lowest BCUT2D eigenvalue weighted by Crippen LogP contribution is -2.41. The van der Waals surface area contributed by atoms with Crippen molar-refractivity contribution in [2.45, 2.75) is 25.8 Å². The number of aromatic nitrogens is 2. The topological polar surface area (TPSA) is 131 Å². The Hall–Kier alpha value is -4.70. The number of carbonyl (C=O) groups is 2. The van der Waals surface area contributed by atoms with Crippen molar-refractivity contribution in [3.63, 3.8) is 0 Å². The van der Waals surface area contributed by atoms with E-state index >= 15 is 0 Å². The standard InChI is InChI=1S/C27H27N5O5/c1-19-23(29-26(36-19)21-7-3-2-4-8-21)13-16-35-22-11-9-20(10-12-22)17-24(32-14-5-6-15-32)27(34)37-31-30-25(33)18-28/h2-12,14-15,18,24,28,31H,13,16-17H2,1H3,(H,30,33)/t24-/m0/s1. The number of rotatable bonds is 12. The third-order valence-corrected chi connectivity index (χ3v) is 5.59. The molecule has 4 rings (SSSR count). The van der Waals surface area contributed by atoms with Gasteiger partial charge in [-0.1, -0.05) is 35.9 Å². The van der Waals surface area contributed by atoms with E-state index < -0.39 is 17.9 Å². The average Bonchev–Trinajstić information content (AvgIpc) is 3.58. The van der Waals surface area contributed by atoms with Crippen LogP contribution in [0.25, 0.3) is 11.5 Å². The summed E-state index contributed by atoms with van der Waals surface area (Å²) in [6.07, 6.45) is 5.04. The van der Waals surface area contributed by atoms with Gasteiger partial charge < -0.3 is 24.0 Å². The summed E-state index contributed by atoms with van der Waals surface area (Å²) in [6.45, 7) is 2.33. The highest BCUT2D eigenvalue weighted by Crippen LogP contribution is 2.23. The minimum Gasteiger partial charge on any atom is -0.493 e. The molecule has 2 heterocycles. The number of oxazole rings is 1. The predicted molar refractivity (Wildman–Crippen MR) is 136 cm³/mol. The van der Waals surface area contributed by atoms with Crippen LogP contribution >= 0.6 is 0 Å². The molecule has 2 aromatic carbocycles. The summed E-state index contributed by atoms with van der Waals surface area (Å²) in [5.41, 5.74) is 6.83. The summed E-state index contributed by atoms with van der Waals surface area (Å²) >= 11 is 0. The highest BCUT2D eigenvalue weighted by Gasteiger charge is 2.22. The molecule has 10 heteroatoms. The maximum Gasteiger partial charge on any atom is 0.349 e. The van der Waals surface area contributed by atoms with Crippen molar-refractivity contribution < 1.29 is 23.6 Å². The first-order chi connectivity index (χ1) is 18.0. The Morgan fingerprint density at radius 3 is 2.51 bits per heavy atom. The lowest BCUT2D eigenvalue weighted by Gasteiger charge is -2.18. The fourth-order valence-electron chi connectivity index (χ4n) is 3.67. The molecule has 0 unspecified atom stereocenters. The van der Waals surface area contributed by atoms with Gasteiger partial charge in [0.2, 0.25) is 5.89 Å². The van der Waals surface area contributed by atoms with Crippen molar-refractivity contribution in [3.05, 3.63) is 96.1 Å². The van der Waals surface area contributed by atoms with Crippen LogP contribution in [-0.4, -0.2) is 34.2 Å². The van der Waals surface area contributed by atoms with E-state index in [-0.39, 0.29) is 0 Å². The Morgan fingerprint density at radius 2 is 1.81 bits per heavy atom. The van der Waals surface area contributed by atoms with Gasteiger partial charge >= 0.3 is 5.97 Å². The number of hydrazine groups is 1. The first-order valence-electron chi connectivity index (χ1n) is 11.7. The number of hydrogen-bond donors (Lipinski definition) is 3. The molecule has 190 valence electrons. The Labute approximate surface area is 213 Å². The molecule has 1 atom stereocenters. The van der Waals surface area contributed by atoms with Gasteiger partial charge in [0.15, 0.2) is 0 Å². The number of aryl methyl sites for hydroxylation is 1. The minimum absolute atomic E-state index is 0.356. The smallest absolute Gasteiger partial charge is 0.349 e. The fraction of sp³-hybridized carbons (Fsp3) is 0.185. The van der Waals surface area contributed by atoms with Crippen LogP contribution in [-0.2, 0) is 27.3 Å². The largest absolute Gasteiger partial charge is 0.493 e.